The second-order valence-corrected chi connectivity index (χ2v) is 6.32. The second kappa shape index (κ2) is 12.8. The molecule has 0 unspecified atom stereocenters. The zero-order valence-corrected chi connectivity index (χ0v) is 18.1. The maximum Gasteiger partial charge on any atom is 0.387 e. The number of alkyl halides is 2. The lowest BCUT2D eigenvalue weighted by molar-refractivity contribution is -0.146. The fourth-order valence-electron chi connectivity index (χ4n) is 2.56. The molecule has 0 aliphatic heterocycles. The van der Waals surface area contributed by atoms with Gasteiger partial charge >= 0.3 is 12.6 Å². The number of ether oxygens (including phenoxy) is 4. The van der Waals surface area contributed by atoms with E-state index >= 15 is 0 Å². The molecule has 2 N–H and O–H groups in total. The van der Waals surface area contributed by atoms with Gasteiger partial charge in [-0.05, 0) is 56.3 Å². The van der Waals surface area contributed by atoms with E-state index in [9.17, 15) is 23.2 Å². The second-order valence-electron chi connectivity index (χ2n) is 6.32. The van der Waals surface area contributed by atoms with Crippen LogP contribution in [0.3, 0.4) is 0 Å². The van der Waals surface area contributed by atoms with Gasteiger partial charge in [0.25, 0.3) is 11.8 Å². The van der Waals surface area contributed by atoms with Crippen LogP contribution in [-0.4, -0.2) is 50.8 Å². The van der Waals surface area contributed by atoms with Gasteiger partial charge in [0.2, 0.25) is 0 Å². The van der Waals surface area contributed by atoms with Crippen LogP contribution in [0.1, 0.15) is 24.2 Å². The van der Waals surface area contributed by atoms with E-state index in [1.54, 1.807) is 13.0 Å². The Morgan fingerprint density at radius 2 is 1.61 bits per heavy atom. The molecule has 0 atom stereocenters. The zero-order valence-electron chi connectivity index (χ0n) is 18.1. The number of benzene rings is 2. The third-order valence-electron chi connectivity index (χ3n) is 3.93. The Labute approximate surface area is 189 Å². The summed E-state index contributed by atoms with van der Waals surface area (Å²) in [6.45, 7) is 0.433. The topological polar surface area (TPSA) is 112 Å². The van der Waals surface area contributed by atoms with Gasteiger partial charge in [-0.1, -0.05) is 0 Å². The first-order chi connectivity index (χ1) is 15.8. The third-order valence-corrected chi connectivity index (χ3v) is 3.93. The van der Waals surface area contributed by atoms with E-state index in [2.05, 4.69) is 15.4 Å². The number of esters is 1. The molecule has 0 radical (unpaired) electrons. The molecule has 9 nitrogen and oxygen atoms in total. The van der Waals surface area contributed by atoms with Crippen LogP contribution in [0, 0.1) is 0 Å². The smallest absolute Gasteiger partial charge is 0.387 e. The van der Waals surface area contributed by atoms with Crippen LogP contribution in [0.5, 0.6) is 17.2 Å². The SMILES string of the molecule is CCOc1ccc(C(=O)NCC(=O)OCC(=O)Nc2ccc(OC(F)F)cc2)cc1OCC. The van der Waals surface area contributed by atoms with Gasteiger partial charge in [-0.15, -0.1) is 0 Å². The highest BCUT2D eigenvalue weighted by Gasteiger charge is 2.14. The van der Waals surface area contributed by atoms with Gasteiger partial charge in [-0.2, -0.15) is 8.78 Å². The number of carbonyl (C=O) groups is 3. The largest absolute Gasteiger partial charge is 0.490 e. The summed E-state index contributed by atoms with van der Waals surface area (Å²) in [5, 5.41) is 4.83. The van der Waals surface area contributed by atoms with Crippen LogP contribution in [0.2, 0.25) is 0 Å². The molecule has 2 amide bonds. The summed E-state index contributed by atoms with van der Waals surface area (Å²) < 4.78 is 44.2. The fourth-order valence-corrected chi connectivity index (χ4v) is 2.56. The number of amides is 2. The minimum atomic E-state index is -2.95. The van der Waals surface area contributed by atoms with Crippen LogP contribution in [-0.2, 0) is 14.3 Å². The van der Waals surface area contributed by atoms with E-state index in [0.717, 1.165) is 0 Å². The number of carbonyl (C=O) groups excluding carboxylic acids is 3. The molecule has 0 aliphatic rings. The van der Waals surface area contributed by atoms with Crippen molar-refractivity contribution >= 4 is 23.5 Å². The molecule has 2 rings (SSSR count). The number of hydrogen-bond acceptors (Lipinski definition) is 7. The highest BCUT2D eigenvalue weighted by molar-refractivity contribution is 5.97. The van der Waals surface area contributed by atoms with Gasteiger partial charge < -0.3 is 29.6 Å². The molecule has 0 aromatic heterocycles. The van der Waals surface area contributed by atoms with E-state index < -0.39 is 37.5 Å². The van der Waals surface area contributed by atoms with E-state index in [1.807, 2.05) is 6.92 Å². The van der Waals surface area contributed by atoms with E-state index in [0.29, 0.717) is 30.4 Å². The average molecular weight is 466 g/mol. The van der Waals surface area contributed by atoms with Crippen LogP contribution in [0.15, 0.2) is 42.5 Å². The standard InChI is InChI=1S/C22H24F2N2O7/c1-3-30-17-10-5-14(11-18(17)31-4-2)21(29)25-12-20(28)32-13-19(27)26-15-6-8-16(9-7-15)33-22(23)24/h5-11,22H,3-4,12-13H2,1-2H3,(H,25,29)(H,26,27). The summed E-state index contributed by atoms with van der Waals surface area (Å²) in [6, 6.07) is 9.83. The predicted molar refractivity (Wildman–Crippen MR) is 114 cm³/mol. The van der Waals surface area contributed by atoms with Gasteiger partial charge in [-0.3, -0.25) is 14.4 Å². The summed E-state index contributed by atoms with van der Waals surface area (Å²) in [5.74, 6) is -1.17. The lowest BCUT2D eigenvalue weighted by Gasteiger charge is -2.12. The minimum Gasteiger partial charge on any atom is -0.490 e. The maximum absolute atomic E-state index is 12.3. The van der Waals surface area contributed by atoms with Crippen LogP contribution < -0.4 is 24.8 Å². The van der Waals surface area contributed by atoms with E-state index in [1.165, 1.54) is 36.4 Å². The van der Waals surface area contributed by atoms with Crippen LogP contribution in [0.25, 0.3) is 0 Å². The Hall–Kier alpha value is -3.89. The van der Waals surface area contributed by atoms with Crippen molar-refractivity contribution in [2.24, 2.45) is 0 Å². The van der Waals surface area contributed by atoms with Crippen molar-refractivity contribution in [3.8, 4) is 17.2 Å². The van der Waals surface area contributed by atoms with Crippen LogP contribution in [0.4, 0.5) is 14.5 Å². The lowest BCUT2D eigenvalue weighted by Crippen LogP contribution is -2.32. The van der Waals surface area contributed by atoms with Crippen molar-refractivity contribution in [1.82, 2.24) is 5.32 Å². The zero-order chi connectivity index (χ0) is 24.2. The van der Waals surface area contributed by atoms with Crippen molar-refractivity contribution in [1.29, 1.82) is 0 Å². The first-order valence-electron chi connectivity index (χ1n) is 10.0. The van der Waals surface area contributed by atoms with Crippen molar-refractivity contribution in [3.05, 3.63) is 48.0 Å². The van der Waals surface area contributed by atoms with Crippen molar-refractivity contribution in [2.75, 3.05) is 31.7 Å². The fraction of sp³-hybridized carbons (Fsp3) is 0.318. The van der Waals surface area contributed by atoms with Gasteiger partial charge in [-0.25, -0.2) is 0 Å². The Morgan fingerprint density at radius 1 is 0.939 bits per heavy atom. The van der Waals surface area contributed by atoms with Crippen LogP contribution >= 0.6 is 0 Å². The summed E-state index contributed by atoms with van der Waals surface area (Å²) in [7, 11) is 0. The average Bonchev–Trinajstić information content (AvgIpc) is 2.78. The van der Waals surface area contributed by atoms with Gasteiger partial charge in [0, 0.05) is 11.3 Å². The molecular weight excluding hydrogens is 442 g/mol. The molecule has 2 aromatic rings. The highest BCUT2D eigenvalue weighted by Crippen LogP contribution is 2.28. The molecule has 0 bridgehead atoms. The van der Waals surface area contributed by atoms with Crippen molar-refractivity contribution in [2.45, 2.75) is 20.5 Å². The molecule has 0 saturated heterocycles. The molecule has 0 aliphatic carbocycles. The molecule has 11 heteroatoms. The number of nitrogens with one attached hydrogen (secondary N) is 2. The molecular formula is C22H24F2N2O7. The minimum absolute atomic E-state index is 0.0638. The molecule has 0 heterocycles. The number of halogens is 2. The normalized spacial score (nSPS) is 10.3. The van der Waals surface area contributed by atoms with Crippen molar-refractivity contribution < 1.29 is 42.1 Å². The highest BCUT2D eigenvalue weighted by atomic mass is 19.3. The Bertz CT molecular complexity index is 952. The van der Waals surface area contributed by atoms with Gasteiger partial charge in [0.05, 0.1) is 13.2 Å². The van der Waals surface area contributed by atoms with Gasteiger partial charge in [0.1, 0.15) is 12.3 Å². The first-order valence-corrected chi connectivity index (χ1v) is 10.0. The third kappa shape index (κ3) is 8.63. The quantitative estimate of drug-likeness (QED) is 0.463. The Balaban J connectivity index is 1.78. The summed E-state index contributed by atoms with van der Waals surface area (Å²) in [5.41, 5.74) is 0.554. The van der Waals surface area contributed by atoms with Crippen molar-refractivity contribution in [3.63, 3.8) is 0 Å². The number of rotatable bonds is 12. The molecule has 33 heavy (non-hydrogen) atoms. The molecule has 2 aromatic carbocycles. The summed E-state index contributed by atoms with van der Waals surface area (Å²) in [4.78, 5) is 36.0. The lowest BCUT2D eigenvalue weighted by atomic mass is 10.2. The predicted octanol–water partition coefficient (Wildman–Crippen LogP) is 3.00. The first kappa shape index (κ1) is 25.4. The summed E-state index contributed by atoms with van der Waals surface area (Å²) in [6.07, 6.45) is 0. The van der Waals surface area contributed by atoms with E-state index in [-0.39, 0.29) is 11.3 Å². The molecule has 178 valence electrons. The van der Waals surface area contributed by atoms with E-state index in [4.69, 9.17) is 14.2 Å². The number of hydrogen-bond donors (Lipinski definition) is 2. The number of anilines is 1. The monoisotopic (exact) mass is 466 g/mol. The molecule has 0 saturated carbocycles. The molecule has 0 fully saturated rings. The Morgan fingerprint density at radius 3 is 2.24 bits per heavy atom. The summed E-state index contributed by atoms with van der Waals surface area (Å²) >= 11 is 0. The molecule has 0 spiro atoms. The van der Waals surface area contributed by atoms with Gasteiger partial charge in [0.15, 0.2) is 18.1 Å². The maximum atomic E-state index is 12.3. The Kier molecular flexibility index (Phi) is 9.87.